The molecule has 0 aromatic carbocycles. The van der Waals surface area contributed by atoms with E-state index in [1.165, 1.54) is 0 Å². The van der Waals surface area contributed by atoms with Gasteiger partial charge in [-0.2, -0.15) is 0 Å². The van der Waals surface area contributed by atoms with Gasteiger partial charge in [0.05, 0.1) is 12.6 Å². The molecule has 6 nitrogen and oxygen atoms in total. The Morgan fingerprint density at radius 1 is 1.23 bits per heavy atom. The normalized spacial score (nSPS) is 25.3. The molecule has 1 aromatic heterocycles. The van der Waals surface area contributed by atoms with E-state index in [0.29, 0.717) is 18.6 Å². The highest BCUT2D eigenvalue weighted by Crippen LogP contribution is 2.44. The van der Waals surface area contributed by atoms with Crippen LogP contribution in [0.5, 0.6) is 0 Å². The van der Waals surface area contributed by atoms with Gasteiger partial charge in [-0.3, -0.25) is 4.79 Å². The lowest BCUT2D eigenvalue weighted by Crippen LogP contribution is -2.46. The highest BCUT2D eigenvalue weighted by atomic mass is 16.5. The average molecular weight is 356 g/mol. The van der Waals surface area contributed by atoms with E-state index in [1.807, 2.05) is 6.07 Å². The van der Waals surface area contributed by atoms with Crippen LogP contribution in [0.25, 0.3) is 0 Å². The molecule has 4 rings (SSSR count). The van der Waals surface area contributed by atoms with Gasteiger partial charge in [-0.15, -0.1) is 0 Å². The quantitative estimate of drug-likeness (QED) is 0.775. The first-order chi connectivity index (χ1) is 12.7. The largest absolute Gasteiger partial charge is 0.383 e. The van der Waals surface area contributed by atoms with Crippen molar-refractivity contribution in [2.45, 2.75) is 38.1 Å². The van der Waals surface area contributed by atoms with Crippen molar-refractivity contribution in [3.63, 3.8) is 0 Å². The average Bonchev–Trinajstić information content (AvgIpc) is 3.32. The van der Waals surface area contributed by atoms with Crippen molar-refractivity contribution in [1.82, 2.24) is 14.9 Å². The summed E-state index contributed by atoms with van der Waals surface area (Å²) >= 11 is 0. The predicted octanol–water partition coefficient (Wildman–Crippen LogP) is 2.28. The number of carbonyl (C=O) groups is 1. The van der Waals surface area contributed by atoms with E-state index in [4.69, 9.17) is 4.74 Å². The van der Waals surface area contributed by atoms with E-state index in [9.17, 15) is 4.79 Å². The van der Waals surface area contributed by atoms with Gasteiger partial charge in [0.2, 0.25) is 11.9 Å². The lowest BCUT2D eigenvalue weighted by atomic mass is 9.76. The fraction of sp³-hybridized carbons (Fsp3) is 0.650. The summed E-state index contributed by atoms with van der Waals surface area (Å²) in [5.41, 5.74) is 0.243. The van der Waals surface area contributed by atoms with Gasteiger partial charge in [0, 0.05) is 45.1 Å². The molecule has 26 heavy (non-hydrogen) atoms. The maximum absolute atomic E-state index is 12.7. The van der Waals surface area contributed by atoms with E-state index in [2.05, 4.69) is 31.9 Å². The molecule has 2 saturated heterocycles. The maximum atomic E-state index is 12.7. The summed E-state index contributed by atoms with van der Waals surface area (Å²) in [5.74, 6) is 1.32. The van der Waals surface area contributed by atoms with Crippen LogP contribution in [0.4, 0.5) is 5.95 Å². The third kappa shape index (κ3) is 3.34. The number of methoxy groups -OCH3 is 1. The number of rotatable bonds is 4. The second-order valence-corrected chi connectivity index (χ2v) is 7.96. The summed E-state index contributed by atoms with van der Waals surface area (Å²) in [7, 11) is 1.76. The summed E-state index contributed by atoms with van der Waals surface area (Å²) < 4.78 is 5.47. The molecule has 140 valence electrons. The van der Waals surface area contributed by atoms with Gasteiger partial charge in [-0.25, -0.2) is 9.97 Å². The second-order valence-electron chi connectivity index (χ2n) is 7.96. The molecule has 2 fully saturated rings. The van der Waals surface area contributed by atoms with Crippen LogP contribution in [-0.2, 0) is 9.53 Å². The fourth-order valence-corrected chi connectivity index (χ4v) is 4.82. The van der Waals surface area contributed by atoms with Crippen molar-refractivity contribution in [2.24, 2.45) is 11.3 Å². The molecule has 1 spiro atoms. The van der Waals surface area contributed by atoms with E-state index >= 15 is 0 Å². The Bertz CT molecular complexity index is 647. The number of aromatic nitrogens is 2. The van der Waals surface area contributed by atoms with Gasteiger partial charge < -0.3 is 14.5 Å². The highest BCUT2D eigenvalue weighted by molar-refractivity contribution is 5.79. The van der Waals surface area contributed by atoms with Crippen molar-refractivity contribution in [2.75, 3.05) is 38.3 Å². The van der Waals surface area contributed by atoms with Crippen LogP contribution >= 0.6 is 0 Å². The molecular formula is C20H28N4O2. The Morgan fingerprint density at radius 2 is 1.92 bits per heavy atom. The van der Waals surface area contributed by atoms with Gasteiger partial charge in [-0.1, -0.05) is 12.2 Å². The molecule has 2 aliphatic heterocycles. The van der Waals surface area contributed by atoms with Crippen molar-refractivity contribution >= 4 is 11.9 Å². The van der Waals surface area contributed by atoms with Crippen LogP contribution in [0.3, 0.4) is 0 Å². The zero-order valence-electron chi connectivity index (χ0n) is 15.5. The molecular weight excluding hydrogens is 328 g/mol. The minimum Gasteiger partial charge on any atom is -0.383 e. The standard InChI is InChI=1S/C20H28N4O2/c1-26-14-17-13-20(15-24(17)19-21-9-4-10-22-19)7-11-23(12-8-20)18(25)16-5-2-3-6-16/h2-4,9-10,16-17H,5-8,11-15H2,1H3. The van der Waals surface area contributed by atoms with Crippen LogP contribution in [-0.4, -0.2) is 60.2 Å². The number of ether oxygens (including phenoxy) is 1. The topological polar surface area (TPSA) is 58.6 Å². The summed E-state index contributed by atoms with van der Waals surface area (Å²) in [5, 5.41) is 0. The predicted molar refractivity (Wildman–Crippen MR) is 99.8 cm³/mol. The second kappa shape index (κ2) is 7.35. The van der Waals surface area contributed by atoms with Gasteiger partial charge in [-0.05, 0) is 43.6 Å². The third-order valence-electron chi connectivity index (χ3n) is 6.28. The number of nitrogens with zero attached hydrogens (tertiary/aromatic N) is 4. The van der Waals surface area contributed by atoms with Crippen LogP contribution in [0.2, 0.25) is 0 Å². The van der Waals surface area contributed by atoms with E-state index in [0.717, 1.165) is 57.7 Å². The van der Waals surface area contributed by atoms with Crippen LogP contribution < -0.4 is 4.90 Å². The molecule has 1 unspecified atom stereocenters. The number of likely N-dealkylation sites (tertiary alicyclic amines) is 1. The van der Waals surface area contributed by atoms with Gasteiger partial charge in [0.25, 0.3) is 0 Å². The molecule has 0 bridgehead atoms. The lowest BCUT2D eigenvalue weighted by molar-refractivity contribution is -0.137. The zero-order valence-corrected chi connectivity index (χ0v) is 15.5. The van der Waals surface area contributed by atoms with Crippen molar-refractivity contribution in [3.05, 3.63) is 30.6 Å². The van der Waals surface area contributed by atoms with Crippen molar-refractivity contribution in [3.8, 4) is 0 Å². The van der Waals surface area contributed by atoms with Crippen LogP contribution in [0, 0.1) is 11.3 Å². The van der Waals surface area contributed by atoms with E-state index in [-0.39, 0.29) is 11.3 Å². The summed E-state index contributed by atoms with van der Waals surface area (Å²) in [4.78, 5) is 26.0. The molecule has 1 atom stereocenters. The molecule has 0 radical (unpaired) electrons. The Kier molecular flexibility index (Phi) is 4.94. The van der Waals surface area contributed by atoms with Gasteiger partial charge in [0.1, 0.15) is 0 Å². The van der Waals surface area contributed by atoms with Gasteiger partial charge in [0.15, 0.2) is 0 Å². The number of anilines is 1. The zero-order chi connectivity index (χ0) is 18.0. The van der Waals surface area contributed by atoms with Crippen molar-refractivity contribution < 1.29 is 9.53 Å². The van der Waals surface area contributed by atoms with Crippen LogP contribution in [0.15, 0.2) is 30.6 Å². The fourth-order valence-electron chi connectivity index (χ4n) is 4.82. The number of piperidine rings is 1. The Morgan fingerprint density at radius 3 is 2.58 bits per heavy atom. The number of hydrogen-bond donors (Lipinski definition) is 0. The number of amides is 1. The highest BCUT2D eigenvalue weighted by Gasteiger charge is 2.47. The molecule has 1 aliphatic carbocycles. The smallest absolute Gasteiger partial charge is 0.226 e. The number of carbonyl (C=O) groups excluding carboxylic acids is 1. The van der Waals surface area contributed by atoms with Gasteiger partial charge >= 0.3 is 0 Å². The monoisotopic (exact) mass is 356 g/mol. The van der Waals surface area contributed by atoms with Crippen LogP contribution in [0.1, 0.15) is 32.1 Å². The molecule has 0 saturated carbocycles. The van der Waals surface area contributed by atoms with E-state index < -0.39 is 0 Å². The van der Waals surface area contributed by atoms with Crippen molar-refractivity contribution in [1.29, 1.82) is 0 Å². The van der Waals surface area contributed by atoms with E-state index in [1.54, 1.807) is 19.5 Å². The Labute approximate surface area is 155 Å². The first-order valence-electron chi connectivity index (χ1n) is 9.67. The number of allylic oxidation sites excluding steroid dienone is 2. The first-order valence-corrected chi connectivity index (χ1v) is 9.67. The Hall–Kier alpha value is -1.95. The minimum atomic E-state index is 0.183. The maximum Gasteiger partial charge on any atom is 0.226 e. The summed E-state index contributed by atoms with van der Waals surface area (Å²) in [6.45, 7) is 3.39. The molecule has 3 heterocycles. The number of hydrogen-bond acceptors (Lipinski definition) is 5. The lowest BCUT2D eigenvalue weighted by Gasteiger charge is -2.40. The molecule has 1 amide bonds. The molecule has 1 aromatic rings. The SMILES string of the molecule is COCC1CC2(CCN(C(=O)C3CC=CC3)CC2)CN1c1ncccn1. The Balaban J connectivity index is 1.42. The minimum absolute atomic E-state index is 0.183. The first kappa shape index (κ1) is 17.5. The molecule has 6 heteroatoms. The molecule has 0 N–H and O–H groups in total. The molecule has 3 aliphatic rings. The summed E-state index contributed by atoms with van der Waals surface area (Å²) in [6, 6.07) is 2.16. The summed E-state index contributed by atoms with van der Waals surface area (Å²) in [6.07, 6.45) is 12.9. The third-order valence-corrected chi connectivity index (χ3v) is 6.28.